The van der Waals surface area contributed by atoms with Gasteiger partial charge < -0.3 is 15.2 Å². The zero-order valence-electron chi connectivity index (χ0n) is 13.4. The molecule has 2 unspecified atom stereocenters. The largest absolute Gasteiger partial charge is 0.490 e. The molecule has 128 valence electrons. The van der Waals surface area contributed by atoms with E-state index in [9.17, 15) is 13.9 Å². The monoisotopic (exact) mass is 334 g/mol. The lowest BCUT2D eigenvalue weighted by atomic mass is 9.91. The number of ether oxygens (including phenoxy) is 1. The minimum absolute atomic E-state index is 0.0705. The molecule has 24 heavy (non-hydrogen) atoms. The first-order chi connectivity index (χ1) is 11.6. The lowest BCUT2D eigenvalue weighted by molar-refractivity contribution is 0.146. The third-order valence-electron chi connectivity index (χ3n) is 4.23. The Bertz CT molecular complexity index is 724. The van der Waals surface area contributed by atoms with Gasteiger partial charge in [-0.3, -0.25) is 0 Å². The van der Waals surface area contributed by atoms with Crippen molar-refractivity contribution in [3.05, 3.63) is 53.2 Å². The van der Waals surface area contributed by atoms with Gasteiger partial charge in [0, 0.05) is 35.9 Å². The Morgan fingerprint density at radius 2 is 2.21 bits per heavy atom. The normalized spacial score (nSPS) is 17.2. The number of pyridine rings is 1. The molecule has 1 aliphatic heterocycles. The number of halogens is 2. The molecule has 0 bridgehead atoms. The van der Waals surface area contributed by atoms with Crippen LogP contribution in [0, 0.1) is 11.6 Å². The highest BCUT2D eigenvalue weighted by atomic mass is 19.1. The van der Waals surface area contributed by atoms with Crippen molar-refractivity contribution in [3.63, 3.8) is 0 Å². The quantitative estimate of drug-likeness (QED) is 0.790. The van der Waals surface area contributed by atoms with Gasteiger partial charge in [-0.1, -0.05) is 19.4 Å². The lowest BCUT2D eigenvalue weighted by Crippen LogP contribution is -2.15. The molecule has 2 aromatic rings. The zero-order chi connectivity index (χ0) is 17.1. The Morgan fingerprint density at radius 1 is 1.38 bits per heavy atom. The maximum Gasteiger partial charge on any atom is 0.165 e. The number of nitrogens with zero attached hydrogens (tertiary/aromatic N) is 1. The third-order valence-corrected chi connectivity index (χ3v) is 4.23. The van der Waals surface area contributed by atoms with E-state index in [-0.39, 0.29) is 17.2 Å². The first kappa shape index (κ1) is 16.6. The Morgan fingerprint density at radius 3 is 3.00 bits per heavy atom. The number of aromatic nitrogens is 1. The highest BCUT2D eigenvalue weighted by Gasteiger charge is 2.32. The average molecular weight is 334 g/mol. The number of hydrogen-bond acceptors (Lipinski definition) is 4. The molecule has 0 radical (unpaired) electrons. The molecule has 1 aromatic heterocycles. The molecule has 1 aromatic carbocycles. The number of aliphatic hydroxyl groups excluding tert-OH is 1. The van der Waals surface area contributed by atoms with E-state index in [1.807, 2.05) is 13.0 Å². The molecular formula is C18H20F2N2O2. The molecule has 0 amide bonds. The summed E-state index contributed by atoms with van der Waals surface area (Å²) in [6, 6.07) is 5.62. The van der Waals surface area contributed by atoms with Crippen LogP contribution < -0.4 is 10.1 Å². The van der Waals surface area contributed by atoms with Crippen LogP contribution in [-0.4, -0.2) is 23.2 Å². The summed E-state index contributed by atoms with van der Waals surface area (Å²) in [5, 5.41) is 13.6. The molecule has 2 heterocycles. The van der Waals surface area contributed by atoms with Gasteiger partial charge in [0.1, 0.15) is 11.6 Å². The van der Waals surface area contributed by atoms with Crippen molar-refractivity contribution in [2.75, 3.05) is 18.5 Å². The number of benzene rings is 1. The van der Waals surface area contributed by atoms with Gasteiger partial charge in [0.05, 0.1) is 12.7 Å². The van der Waals surface area contributed by atoms with Gasteiger partial charge in [0.15, 0.2) is 11.6 Å². The molecular weight excluding hydrogens is 314 g/mol. The molecule has 0 fully saturated rings. The van der Waals surface area contributed by atoms with Crippen molar-refractivity contribution in [1.82, 2.24) is 4.98 Å². The zero-order valence-corrected chi connectivity index (χ0v) is 13.4. The number of rotatable bonds is 6. The summed E-state index contributed by atoms with van der Waals surface area (Å²) in [7, 11) is 0. The summed E-state index contributed by atoms with van der Waals surface area (Å²) in [5.41, 5.74) is 0.729. The number of unbranched alkanes of at least 4 members (excludes halogenated alkanes) is 1. The van der Waals surface area contributed by atoms with Crippen LogP contribution in [0.1, 0.15) is 42.9 Å². The van der Waals surface area contributed by atoms with Crippen LogP contribution in [0.4, 0.5) is 14.6 Å². The molecule has 2 atom stereocenters. The van der Waals surface area contributed by atoms with Gasteiger partial charge in [-0.15, -0.1) is 0 Å². The second-order valence-electron chi connectivity index (χ2n) is 5.88. The van der Waals surface area contributed by atoms with Crippen molar-refractivity contribution >= 4 is 5.82 Å². The minimum atomic E-state index is -1.16. The molecule has 6 heteroatoms. The average Bonchev–Trinajstić information content (AvgIpc) is 3.01. The highest BCUT2D eigenvalue weighted by Crippen LogP contribution is 2.40. The summed E-state index contributed by atoms with van der Waals surface area (Å²) in [6.07, 6.45) is 2.15. The van der Waals surface area contributed by atoms with Crippen LogP contribution in [0.3, 0.4) is 0 Å². The van der Waals surface area contributed by atoms with E-state index < -0.39 is 17.7 Å². The Hall–Kier alpha value is -2.21. The topological polar surface area (TPSA) is 54.4 Å². The molecule has 2 N–H and O–H groups in total. The Balaban J connectivity index is 1.83. The molecule has 1 aliphatic rings. The fourth-order valence-electron chi connectivity index (χ4n) is 2.89. The van der Waals surface area contributed by atoms with E-state index in [4.69, 9.17) is 4.74 Å². The lowest BCUT2D eigenvalue weighted by Gasteiger charge is -2.20. The molecule has 0 spiro atoms. The standard InChI is InChI=1S/C18H20F2N2O2/c1-2-3-7-24-16-9-14(19)12(8-15(16)20)17(23)13-10-22-18-11(13)5-4-6-21-18/h4-6,8-9,13,17,23H,2-3,7,10H2,1H3,(H,21,22). The molecule has 0 saturated carbocycles. The third kappa shape index (κ3) is 3.19. The van der Waals surface area contributed by atoms with E-state index in [2.05, 4.69) is 10.3 Å². The number of fused-ring (bicyclic) bond motifs is 1. The van der Waals surface area contributed by atoms with Crippen molar-refractivity contribution in [3.8, 4) is 5.75 Å². The second kappa shape index (κ2) is 7.13. The van der Waals surface area contributed by atoms with Crippen LogP contribution >= 0.6 is 0 Å². The molecule has 0 aliphatic carbocycles. The van der Waals surface area contributed by atoms with Gasteiger partial charge in [-0.05, 0) is 18.6 Å². The van der Waals surface area contributed by atoms with Gasteiger partial charge in [-0.2, -0.15) is 0 Å². The van der Waals surface area contributed by atoms with E-state index in [1.54, 1.807) is 12.3 Å². The SMILES string of the molecule is CCCCOc1cc(F)c(C(O)C2CNc3ncccc32)cc1F. The first-order valence-electron chi connectivity index (χ1n) is 8.10. The van der Waals surface area contributed by atoms with E-state index in [0.29, 0.717) is 19.0 Å². The summed E-state index contributed by atoms with van der Waals surface area (Å²) < 4.78 is 33.8. The summed E-state index contributed by atoms with van der Waals surface area (Å²) in [4.78, 5) is 4.17. The Kier molecular flexibility index (Phi) is 4.94. The van der Waals surface area contributed by atoms with Crippen LogP contribution in [-0.2, 0) is 0 Å². The van der Waals surface area contributed by atoms with Gasteiger partial charge in [0.25, 0.3) is 0 Å². The number of nitrogens with one attached hydrogen (secondary N) is 1. The van der Waals surface area contributed by atoms with E-state index in [0.717, 1.165) is 30.5 Å². The van der Waals surface area contributed by atoms with Crippen LogP contribution in [0.15, 0.2) is 30.5 Å². The predicted octanol–water partition coefficient (Wildman–Crippen LogP) is 3.78. The van der Waals surface area contributed by atoms with Gasteiger partial charge in [0.2, 0.25) is 0 Å². The van der Waals surface area contributed by atoms with Gasteiger partial charge in [-0.25, -0.2) is 13.8 Å². The van der Waals surface area contributed by atoms with Crippen molar-refractivity contribution in [1.29, 1.82) is 0 Å². The van der Waals surface area contributed by atoms with Crippen LogP contribution in [0.25, 0.3) is 0 Å². The van der Waals surface area contributed by atoms with Crippen LogP contribution in [0.2, 0.25) is 0 Å². The van der Waals surface area contributed by atoms with Crippen molar-refractivity contribution in [2.45, 2.75) is 31.8 Å². The van der Waals surface area contributed by atoms with E-state index >= 15 is 0 Å². The first-order valence-corrected chi connectivity index (χ1v) is 8.10. The summed E-state index contributed by atoms with van der Waals surface area (Å²) in [5.74, 6) is -1.17. The number of hydrogen-bond donors (Lipinski definition) is 2. The fourth-order valence-corrected chi connectivity index (χ4v) is 2.89. The van der Waals surface area contributed by atoms with E-state index in [1.165, 1.54) is 0 Å². The predicted molar refractivity (Wildman–Crippen MR) is 87.2 cm³/mol. The second-order valence-corrected chi connectivity index (χ2v) is 5.88. The van der Waals surface area contributed by atoms with Crippen molar-refractivity contribution in [2.24, 2.45) is 0 Å². The number of aliphatic hydroxyl groups is 1. The Labute approximate surface area is 139 Å². The number of anilines is 1. The smallest absolute Gasteiger partial charge is 0.165 e. The molecule has 4 nitrogen and oxygen atoms in total. The molecule has 0 saturated heterocycles. The summed E-state index contributed by atoms with van der Waals surface area (Å²) >= 11 is 0. The fraction of sp³-hybridized carbons (Fsp3) is 0.389. The van der Waals surface area contributed by atoms with Gasteiger partial charge >= 0.3 is 0 Å². The van der Waals surface area contributed by atoms with Crippen LogP contribution in [0.5, 0.6) is 5.75 Å². The minimum Gasteiger partial charge on any atom is -0.490 e. The summed E-state index contributed by atoms with van der Waals surface area (Å²) in [6.45, 7) is 2.74. The highest BCUT2D eigenvalue weighted by molar-refractivity contribution is 5.53. The maximum absolute atomic E-state index is 14.4. The van der Waals surface area contributed by atoms with Crippen molar-refractivity contribution < 1.29 is 18.6 Å². The molecule has 3 rings (SSSR count). The maximum atomic E-state index is 14.4.